The van der Waals surface area contributed by atoms with Crippen LogP contribution in [0.1, 0.15) is 16.1 Å². The number of hydrogen-bond acceptors (Lipinski definition) is 3. The minimum atomic E-state index is -0.363. The summed E-state index contributed by atoms with van der Waals surface area (Å²) in [5, 5.41) is 3.45. The highest BCUT2D eigenvalue weighted by Crippen LogP contribution is 2.25. The number of rotatable bonds is 3. The molecule has 0 saturated carbocycles. The van der Waals surface area contributed by atoms with Crippen molar-refractivity contribution in [1.82, 2.24) is 4.98 Å². The van der Waals surface area contributed by atoms with Gasteiger partial charge in [-0.05, 0) is 30.3 Å². The van der Waals surface area contributed by atoms with Gasteiger partial charge in [0.25, 0.3) is 5.91 Å². The van der Waals surface area contributed by atoms with E-state index < -0.39 is 0 Å². The molecule has 7 heteroatoms. The van der Waals surface area contributed by atoms with Crippen LogP contribution in [0.2, 0.25) is 10.0 Å². The van der Waals surface area contributed by atoms with Gasteiger partial charge in [0.15, 0.2) is 0 Å². The number of amides is 1. The molecule has 0 aliphatic heterocycles. The SMILES string of the molecule is NC(=S)c1ccc(C(=O)Nc2ccc(Cl)c(Cl)c2)nc1. The average molecular weight is 326 g/mol. The second-order valence-corrected chi connectivity index (χ2v) is 5.13. The van der Waals surface area contributed by atoms with Crippen molar-refractivity contribution in [1.29, 1.82) is 0 Å². The highest BCUT2D eigenvalue weighted by atomic mass is 35.5. The first kappa shape index (κ1) is 14.7. The monoisotopic (exact) mass is 325 g/mol. The minimum absolute atomic E-state index is 0.231. The molecule has 1 amide bonds. The molecule has 0 atom stereocenters. The molecule has 1 heterocycles. The Morgan fingerprint density at radius 1 is 1.20 bits per heavy atom. The molecule has 1 aromatic heterocycles. The van der Waals surface area contributed by atoms with Crippen molar-refractivity contribution in [3.05, 3.63) is 57.8 Å². The Balaban J connectivity index is 2.15. The van der Waals surface area contributed by atoms with E-state index in [1.54, 1.807) is 30.3 Å². The second-order valence-electron chi connectivity index (χ2n) is 3.88. The van der Waals surface area contributed by atoms with Crippen LogP contribution in [0, 0.1) is 0 Å². The third-order valence-electron chi connectivity index (χ3n) is 2.46. The largest absolute Gasteiger partial charge is 0.389 e. The van der Waals surface area contributed by atoms with Gasteiger partial charge in [0.2, 0.25) is 0 Å². The van der Waals surface area contributed by atoms with Crippen molar-refractivity contribution >= 4 is 52.0 Å². The number of nitrogens with two attached hydrogens (primary N) is 1. The Bertz CT molecular complexity index is 674. The van der Waals surface area contributed by atoms with Gasteiger partial charge in [-0.1, -0.05) is 35.4 Å². The van der Waals surface area contributed by atoms with Crippen molar-refractivity contribution < 1.29 is 4.79 Å². The van der Waals surface area contributed by atoms with Gasteiger partial charge in [-0.15, -0.1) is 0 Å². The number of aromatic nitrogens is 1. The summed E-state index contributed by atoms with van der Waals surface area (Å²) in [4.78, 5) is 16.2. The van der Waals surface area contributed by atoms with Crippen molar-refractivity contribution in [3.63, 3.8) is 0 Å². The lowest BCUT2D eigenvalue weighted by Crippen LogP contribution is -2.15. The Labute approximate surface area is 130 Å². The van der Waals surface area contributed by atoms with E-state index in [4.69, 9.17) is 41.2 Å². The predicted octanol–water partition coefficient (Wildman–Crippen LogP) is 3.27. The van der Waals surface area contributed by atoms with E-state index in [0.29, 0.717) is 21.3 Å². The molecule has 0 aliphatic carbocycles. The lowest BCUT2D eigenvalue weighted by molar-refractivity contribution is 0.102. The average Bonchev–Trinajstić information content (AvgIpc) is 2.43. The van der Waals surface area contributed by atoms with E-state index in [0.717, 1.165) is 0 Å². The number of thiocarbonyl (C=S) groups is 1. The van der Waals surface area contributed by atoms with Crippen molar-refractivity contribution in [3.8, 4) is 0 Å². The maximum absolute atomic E-state index is 12.0. The zero-order valence-electron chi connectivity index (χ0n) is 10.1. The lowest BCUT2D eigenvalue weighted by atomic mass is 10.2. The molecular weight excluding hydrogens is 317 g/mol. The molecule has 0 spiro atoms. The van der Waals surface area contributed by atoms with Crippen LogP contribution in [0.4, 0.5) is 5.69 Å². The number of pyridine rings is 1. The van der Waals surface area contributed by atoms with Crippen molar-refractivity contribution in [2.24, 2.45) is 5.73 Å². The van der Waals surface area contributed by atoms with Gasteiger partial charge in [0.05, 0.1) is 10.0 Å². The van der Waals surface area contributed by atoms with Crippen LogP contribution in [0.5, 0.6) is 0 Å². The Kier molecular flexibility index (Phi) is 4.54. The van der Waals surface area contributed by atoms with E-state index in [1.807, 2.05) is 0 Å². The van der Waals surface area contributed by atoms with Crippen LogP contribution in [0.15, 0.2) is 36.5 Å². The quantitative estimate of drug-likeness (QED) is 0.850. The van der Waals surface area contributed by atoms with E-state index >= 15 is 0 Å². The first-order valence-electron chi connectivity index (χ1n) is 5.49. The molecule has 0 bridgehead atoms. The zero-order valence-corrected chi connectivity index (χ0v) is 12.4. The number of nitrogens with zero attached hydrogens (tertiary/aromatic N) is 1. The molecule has 1 aromatic carbocycles. The molecule has 0 fully saturated rings. The number of benzene rings is 1. The van der Waals surface area contributed by atoms with Gasteiger partial charge in [0, 0.05) is 17.4 Å². The molecule has 0 saturated heterocycles. The number of nitrogens with one attached hydrogen (secondary N) is 1. The summed E-state index contributed by atoms with van der Waals surface area (Å²) in [6, 6.07) is 7.99. The first-order chi connectivity index (χ1) is 9.47. The summed E-state index contributed by atoms with van der Waals surface area (Å²) in [6.07, 6.45) is 1.45. The standard InChI is InChI=1S/C13H9Cl2N3OS/c14-9-3-2-8(5-10(9)15)18-13(19)11-4-1-7(6-17-11)12(16)20/h1-6H,(H2,16,20)(H,18,19). The molecule has 0 aliphatic rings. The van der Waals surface area contributed by atoms with Gasteiger partial charge in [-0.2, -0.15) is 0 Å². The van der Waals surface area contributed by atoms with E-state index in [-0.39, 0.29) is 16.6 Å². The predicted molar refractivity (Wildman–Crippen MR) is 84.5 cm³/mol. The Morgan fingerprint density at radius 3 is 2.50 bits per heavy atom. The van der Waals surface area contributed by atoms with Crippen molar-refractivity contribution in [2.75, 3.05) is 5.32 Å². The fraction of sp³-hybridized carbons (Fsp3) is 0. The number of carbonyl (C=O) groups is 1. The summed E-state index contributed by atoms with van der Waals surface area (Å²) in [5.41, 5.74) is 6.84. The lowest BCUT2D eigenvalue weighted by Gasteiger charge is -2.06. The van der Waals surface area contributed by atoms with Crippen LogP contribution in [-0.4, -0.2) is 15.9 Å². The molecule has 20 heavy (non-hydrogen) atoms. The van der Waals surface area contributed by atoms with E-state index in [9.17, 15) is 4.79 Å². The molecule has 0 radical (unpaired) electrons. The fourth-order valence-corrected chi connectivity index (χ4v) is 1.86. The maximum atomic E-state index is 12.0. The first-order valence-corrected chi connectivity index (χ1v) is 6.66. The molecule has 102 valence electrons. The van der Waals surface area contributed by atoms with Gasteiger partial charge in [-0.25, -0.2) is 0 Å². The van der Waals surface area contributed by atoms with Crippen LogP contribution in [0.3, 0.4) is 0 Å². The second kappa shape index (κ2) is 6.17. The number of carbonyl (C=O) groups excluding carboxylic acids is 1. The summed E-state index contributed by atoms with van der Waals surface area (Å²) >= 11 is 16.5. The smallest absolute Gasteiger partial charge is 0.274 e. The topological polar surface area (TPSA) is 68.0 Å². The molecular formula is C13H9Cl2N3OS. The summed E-state index contributed by atoms with van der Waals surface area (Å²) in [7, 11) is 0. The molecule has 2 aromatic rings. The highest BCUT2D eigenvalue weighted by Gasteiger charge is 2.09. The van der Waals surface area contributed by atoms with E-state index in [2.05, 4.69) is 10.3 Å². The van der Waals surface area contributed by atoms with Crippen LogP contribution in [-0.2, 0) is 0 Å². The van der Waals surface area contributed by atoms with Crippen LogP contribution in [0.25, 0.3) is 0 Å². The third-order valence-corrected chi connectivity index (χ3v) is 3.43. The zero-order chi connectivity index (χ0) is 14.7. The third kappa shape index (κ3) is 3.45. The summed E-state index contributed by atoms with van der Waals surface area (Å²) in [5.74, 6) is -0.363. The number of anilines is 1. The van der Waals surface area contributed by atoms with Gasteiger partial charge >= 0.3 is 0 Å². The number of halogens is 2. The van der Waals surface area contributed by atoms with Gasteiger partial charge in [-0.3, -0.25) is 9.78 Å². The molecule has 2 rings (SSSR count). The Hall–Kier alpha value is -1.69. The molecule has 4 nitrogen and oxygen atoms in total. The Morgan fingerprint density at radius 2 is 1.95 bits per heavy atom. The number of hydrogen-bond donors (Lipinski definition) is 2. The van der Waals surface area contributed by atoms with Crippen LogP contribution >= 0.6 is 35.4 Å². The van der Waals surface area contributed by atoms with Gasteiger partial charge < -0.3 is 11.1 Å². The fourth-order valence-electron chi connectivity index (χ4n) is 1.44. The molecule has 0 unspecified atom stereocenters. The van der Waals surface area contributed by atoms with Gasteiger partial charge in [0.1, 0.15) is 10.7 Å². The summed E-state index contributed by atoms with van der Waals surface area (Å²) < 4.78 is 0. The molecule has 3 N–H and O–H groups in total. The highest BCUT2D eigenvalue weighted by molar-refractivity contribution is 7.80. The minimum Gasteiger partial charge on any atom is -0.389 e. The van der Waals surface area contributed by atoms with E-state index in [1.165, 1.54) is 6.20 Å². The van der Waals surface area contributed by atoms with Crippen LogP contribution < -0.4 is 11.1 Å². The maximum Gasteiger partial charge on any atom is 0.274 e. The van der Waals surface area contributed by atoms with Crippen molar-refractivity contribution in [2.45, 2.75) is 0 Å². The normalized spacial score (nSPS) is 10.1. The summed E-state index contributed by atoms with van der Waals surface area (Å²) in [6.45, 7) is 0.